The van der Waals surface area contributed by atoms with E-state index in [2.05, 4.69) is 32.0 Å². The van der Waals surface area contributed by atoms with Crippen molar-refractivity contribution in [2.24, 2.45) is 0 Å². The van der Waals surface area contributed by atoms with Crippen LogP contribution in [0.3, 0.4) is 0 Å². The molecular formula is C21H22F6N4O4. The van der Waals surface area contributed by atoms with Gasteiger partial charge in [0.2, 0.25) is 0 Å². The molecule has 192 valence electrons. The highest BCUT2D eigenvalue weighted by Crippen LogP contribution is 2.41. The summed E-state index contributed by atoms with van der Waals surface area (Å²) in [6.07, 6.45) is 0.103. The van der Waals surface area contributed by atoms with Crippen LogP contribution in [0.1, 0.15) is 41.3 Å². The summed E-state index contributed by atoms with van der Waals surface area (Å²) in [4.78, 5) is 33.5. The van der Waals surface area contributed by atoms with E-state index in [0.29, 0.717) is 5.92 Å². The second kappa shape index (κ2) is 11.9. The number of carboxylic acid groups (broad SMARTS) is 2. The van der Waals surface area contributed by atoms with E-state index in [-0.39, 0.29) is 0 Å². The number of hydrogen-bond donors (Lipinski definition) is 2. The molecule has 0 bridgehead atoms. The summed E-state index contributed by atoms with van der Waals surface area (Å²) in [5.41, 5.74) is 5.40. The highest BCUT2D eigenvalue weighted by Gasteiger charge is 2.38. The van der Waals surface area contributed by atoms with Gasteiger partial charge >= 0.3 is 24.3 Å². The zero-order chi connectivity index (χ0) is 26.2. The molecule has 0 unspecified atom stereocenters. The smallest absolute Gasteiger partial charge is 0.475 e. The van der Waals surface area contributed by atoms with Gasteiger partial charge in [0.25, 0.3) is 0 Å². The third-order valence-electron chi connectivity index (χ3n) is 5.02. The quantitative estimate of drug-likeness (QED) is 0.604. The number of halogens is 6. The van der Waals surface area contributed by atoms with Crippen LogP contribution in [-0.4, -0.2) is 67.4 Å². The Morgan fingerprint density at radius 3 is 1.91 bits per heavy atom. The number of aromatic nitrogens is 3. The van der Waals surface area contributed by atoms with E-state index in [1.165, 1.54) is 35.4 Å². The van der Waals surface area contributed by atoms with Gasteiger partial charge in [0, 0.05) is 50.1 Å². The third kappa shape index (κ3) is 9.47. The average molecular weight is 508 g/mol. The minimum absolute atomic E-state index is 0.716. The summed E-state index contributed by atoms with van der Waals surface area (Å²) in [6.45, 7) is 3.18. The molecule has 0 amide bonds. The fourth-order valence-electron chi connectivity index (χ4n) is 3.21. The predicted octanol–water partition coefficient (Wildman–Crippen LogP) is 3.62. The molecule has 1 saturated carbocycles. The number of rotatable bonds is 3. The Morgan fingerprint density at radius 1 is 0.914 bits per heavy atom. The van der Waals surface area contributed by atoms with E-state index in [9.17, 15) is 26.3 Å². The van der Waals surface area contributed by atoms with Crippen molar-refractivity contribution >= 4 is 11.9 Å². The van der Waals surface area contributed by atoms with Crippen molar-refractivity contribution in [2.45, 2.75) is 50.5 Å². The fraction of sp³-hybridized carbons (Fsp3) is 0.476. The minimum Gasteiger partial charge on any atom is -0.475 e. The maximum atomic E-state index is 10.6. The Bertz CT molecular complexity index is 974. The van der Waals surface area contributed by atoms with Gasteiger partial charge in [0.1, 0.15) is 6.33 Å². The maximum absolute atomic E-state index is 10.6. The van der Waals surface area contributed by atoms with Gasteiger partial charge in [-0.3, -0.25) is 9.88 Å². The van der Waals surface area contributed by atoms with E-state index in [4.69, 9.17) is 19.8 Å². The van der Waals surface area contributed by atoms with Gasteiger partial charge in [-0.15, -0.1) is 0 Å². The molecule has 0 spiro atoms. The third-order valence-corrected chi connectivity index (χ3v) is 5.02. The molecular weight excluding hydrogens is 486 g/mol. The Hall–Kier alpha value is -3.29. The van der Waals surface area contributed by atoms with Crippen LogP contribution in [0.25, 0.3) is 0 Å². The number of pyridine rings is 1. The van der Waals surface area contributed by atoms with Gasteiger partial charge < -0.3 is 10.2 Å². The van der Waals surface area contributed by atoms with Crippen molar-refractivity contribution in [3.8, 4) is 0 Å². The van der Waals surface area contributed by atoms with Crippen LogP contribution in [0.2, 0.25) is 0 Å². The summed E-state index contributed by atoms with van der Waals surface area (Å²) in [5, 5.41) is 14.2. The number of hydrogen-bond acceptors (Lipinski definition) is 6. The van der Waals surface area contributed by atoms with E-state index < -0.39 is 24.3 Å². The van der Waals surface area contributed by atoms with Gasteiger partial charge in [0.15, 0.2) is 0 Å². The molecule has 8 nitrogen and oxygen atoms in total. The van der Waals surface area contributed by atoms with Crippen LogP contribution in [-0.2, 0) is 29.0 Å². The Morgan fingerprint density at radius 2 is 1.43 bits per heavy atom. The zero-order valence-electron chi connectivity index (χ0n) is 18.2. The van der Waals surface area contributed by atoms with Gasteiger partial charge in [-0.2, -0.15) is 26.3 Å². The molecule has 4 rings (SSSR count). The van der Waals surface area contributed by atoms with Crippen LogP contribution in [0, 0.1) is 0 Å². The van der Waals surface area contributed by atoms with Crippen molar-refractivity contribution < 1.29 is 46.1 Å². The van der Waals surface area contributed by atoms with Gasteiger partial charge in [-0.25, -0.2) is 19.6 Å². The van der Waals surface area contributed by atoms with Crippen molar-refractivity contribution in [2.75, 3.05) is 13.1 Å². The van der Waals surface area contributed by atoms with Crippen LogP contribution in [0.5, 0.6) is 0 Å². The van der Waals surface area contributed by atoms with Crippen molar-refractivity contribution in [3.05, 3.63) is 53.4 Å². The lowest BCUT2D eigenvalue weighted by molar-refractivity contribution is -0.193. The number of nitrogens with zero attached hydrogens (tertiary/aromatic N) is 4. The average Bonchev–Trinajstić information content (AvgIpc) is 3.62. The molecule has 1 aliphatic heterocycles. The maximum Gasteiger partial charge on any atom is 0.490 e. The lowest BCUT2D eigenvalue weighted by Crippen LogP contribution is -2.26. The molecule has 1 aliphatic carbocycles. The minimum atomic E-state index is -5.08. The van der Waals surface area contributed by atoms with Gasteiger partial charge in [-0.05, 0) is 42.5 Å². The monoisotopic (exact) mass is 508 g/mol. The van der Waals surface area contributed by atoms with E-state index >= 15 is 0 Å². The predicted molar refractivity (Wildman–Crippen MR) is 108 cm³/mol. The molecule has 35 heavy (non-hydrogen) atoms. The number of alkyl halides is 6. The Balaban J connectivity index is 0.000000257. The highest BCUT2D eigenvalue weighted by atomic mass is 19.4. The zero-order valence-corrected chi connectivity index (χ0v) is 18.2. The van der Waals surface area contributed by atoms with Crippen LogP contribution in [0.4, 0.5) is 26.3 Å². The standard InChI is InChI=1S/C17H20N4.2C2HF3O2/c1-2-14(1)17-15-5-9-21(10-6-16(15)19-12-20-17)11-13-3-7-18-8-4-13;2*3-2(4,5)1(6)7/h3-4,7-8,12,14H,1-2,5-6,9-11H2;2*(H,6,7). The summed E-state index contributed by atoms with van der Waals surface area (Å²) in [7, 11) is 0. The summed E-state index contributed by atoms with van der Waals surface area (Å²) in [5.74, 6) is -4.80. The number of fused-ring (bicyclic) bond motifs is 1. The number of carboxylic acids is 2. The van der Waals surface area contributed by atoms with E-state index in [1.807, 2.05) is 12.4 Å². The molecule has 2 N–H and O–H groups in total. The molecule has 0 radical (unpaired) electrons. The van der Waals surface area contributed by atoms with E-state index in [1.54, 1.807) is 6.33 Å². The second-order valence-corrected chi connectivity index (χ2v) is 7.70. The summed E-state index contributed by atoms with van der Waals surface area (Å²) < 4.78 is 63.5. The first-order valence-electron chi connectivity index (χ1n) is 10.3. The molecule has 2 aromatic rings. The van der Waals surface area contributed by atoms with Crippen LogP contribution < -0.4 is 0 Å². The molecule has 14 heteroatoms. The van der Waals surface area contributed by atoms with Gasteiger partial charge in [0.05, 0.1) is 5.69 Å². The van der Waals surface area contributed by atoms with Crippen molar-refractivity contribution in [1.82, 2.24) is 19.9 Å². The molecule has 3 heterocycles. The summed E-state index contributed by atoms with van der Waals surface area (Å²) in [6, 6.07) is 4.21. The van der Waals surface area contributed by atoms with Crippen molar-refractivity contribution in [3.63, 3.8) is 0 Å². The Kier molecular flexibility index (Phi) is 9.51. The largest absolute Gasteiger partial charge is 0.490 e. The molecule has 1 fully saturated rings. The molecule has 0 saturated heterocycles. The van der Waals surface area contributed by atoms with Crippen LogP contribution in [0.15, 0.2) is 30.9 Å². The first-order valence-corrected chi connectivity index (χ1v) is 10.3. The lowest BCUT2D eigenvalue weighted by atomic mass is 10.0. The van der Waals surface area contributed by atoms with Gasteiger partial charge in [-0.1, -0.05) is 0 Å². The summed E-state index contributed by atoms with van der Waals surface area (Å²) >= 11 is 0. The molecule has 0 atom stereocenters. The first-order chi connectivity index (χ1) is 16.3. The normalized spacial score (nSPS) is 15.9. The molecule has 2 aliphatic rings. The Labute approximate surface area is 195 Å². The second-order valence-electron chi connectivity index (χ2n) is 7.70. The lowest BCUT2D eigenvalue weighted by Gasteiger charge is -2.19. The number of carbonyl (C=O) groups is 2. The van der Waals surface area contributed by atoms with E-state index in [0.717, 1.165) is 32.5 Å². The first kappa shape index (κ1) is 28.0. The van der Waals surface area contributed by atoms with Crippen LogP contribution >= 0.6 is 0 Å². The SMILES string of the molecule is O=C(O)C(F)(F)F.O=C(O)C(F)(F)F.c1cc(CN2CCc3ncnc(C4CC4)c3CC2)ccn1. The fourth-order valence-corrected chi connectivity index (χ4v) is 3.21. The van der Waals surface area contributed by atoms with Crippen molar-refractivity contribution in [1.29, 1.82) is 0 Å². The molecule has 0 aromatic carbocycles. The molecule has 2 aromatic heterocycles. The highest BCUT2D eigenvalue weighted by molar-refractivity contribution is 5.73. The number of aliphatic carboxylic acids is 2. The topological polar surface area (TPSA) is 117 Å².